The van der Waals surface area contributed by atoms with E-state index in [-0.39, 0.29) is 25.9 Å². The third kappa shape index (κ3) is 9.83. The summed E-state index contributed by atoms with van der Waals surface area (Å²) >= 11 is 0. The summed E-state index contributed by atoms with van der Waals surface area (Å²) in [5.74, 6) is -1.74. The van der Waals surface area contributed by atoms with Crippen LogP contribution in [0.25, 0.3) is 0 Å². The van der Waals surface area contributed by atoms with Crippen LogP contribution in [0.5, 0.6) is 0 Å². The summed E-state index contributed by atoms with van der Waals surface area (Å²) in [4.78, 5) is 42.1. The van der Waals surface area contributed by atoms with Crippen molar-refractivity contribution in [1.82, 2.24) is 9.96 Å². The van der Waals surface area contributed by atoms with E-state index < -0.39 is 85.6 Å². The maximum atomic E-state index is 12.0. The molecule has 3 aliphatic rings. The average molecular weight is 623 g/mol. The first-order valence-corrected chi connectivity index (χ1v) is 14.8. The highest BCUT2D eigenvalue weighted by molar-refractivity contribution is 6.01. The van der Waals surface area contributed by atoms with Crippen LogP contribution in [0.3, 0.4) is 0 Å². The molecule has 3 fully saturated rings. The number of unbranched alkanes of at least 4 members (excludes halogenated alkanes) is 2. The van der Waals surface area contributed by atoms with Gasteiger partial charge in [0.15, 0.2) is 6.29 Å². The van der Waals surface area contributed by atoms with Crippen LogP contribution in [0.4, 0.5) is 0 Å². The van der Waals surface area contributed by atoms with Gasteiger partial charge in [-0.2, -0.15) is 0 Å². The molecule has 2 amide bonds. The lowest BCUT2D eigenvalue weighted by atomic mass is 9.93. The maximum Gasteiger partial charge on any atom is 0.333 e. The van der Waals surface area contributed by atoms with Crippen LogP contribution in [0.2, 0.25) is 0 Å². The molecule has 43 heavy (non-hydrogen) atoms. The minimum atomic E-state index is -1.56. The Balaban J connectivity index is 1.45. The Morgan fingerprint density at radius 2 is 1.44 bits per heavy atom. The summed E-state index contributed by atoms with van der Waals surface area (Å²) in [6, 6.07) is 0. The Morgan fingerprint density at radius 1 is 0.814 bits per heavy atom. The molecule has 10 atom stereocenters. The van der Waals surface area contributed by atoms with E-state index in [1.807, 2.05) is 4.90 Å². The first-order valence-electron chi connectivity index (χ1n) is 14.8. The normalized spacial score (nSPS) is 35.1. The first-order chi connectivity index (χ1) is 20.4. The number of hydrogen-bond donors (Lipinski definition) is 7. The quantitative estimate of drug-likeness (QED) is 0.0668. The zero-order chi connectivity index (χ0) is 31.7. The summed E-state index contributed by atoms with van der Waals surface area (Å²) < 4.78 is 16.7. The van der Waals surface area contributed by atoms with Crippen molar-refractivity contribution in [2.24, 2.45) is 0 Å². The second kappa shape index (κ2) is 17.0. The number of aliphatic hydroxyl groups is 7. The number of amides is 2. The van der Waals surface area contributed by atoms with Crippen LogP contribution in [0.15, 0.2) is 0 Å². The number of carbonyl (C=O) groups is 3. The van der Waals surface area contributed by atoms with Gasteiger partial charge in [0.1, 0.15) is 42.7 Å². The van der Waals surface area contributed by atoms with Gasteiger partial charge in [0.2, 0.25) is 0 Å². The molecule has 0 aromatic rings. The molecule has 0 aliphatic carbocycles. The molecule has 0 bridgehead atoms. The van der Waals surface area contributed by atoms with Gasteiger partial charge in [0.05, 0.1) is 25.4 Å². The van der Waals surface area contributed by atoms with Crippen molar-refractivity contribution in [3.8, 4) is 0 Å². The van der Waals surface area contributed by atoms with Gasteiger partial charge in [-0.3, -0.25) is 9.59 Å². The summed E-state index contributed by atoms with van der Waals surface area (Å²) in [7, 11) is 0. The zero-order valence-electron chi connectivity index (χ0n) is 24.3. The van der Waals surface area contributed by atoms with E-state index in [0.29, 0.717) is 56.8 Å². The summed E-state index contributed by atoms with van der Waals surface area (Å²) in [5.41, 5.74) is 0. The molecule has 16 nitrogen and oxygen atoms in total. The number of ether oxygens (including phenoxy) is 3. The molecule has 7 N–H and O–H groups in total. The molecule has 0 spiro atoms. The van der Waals surface area contributed by atoms with Crippen molar-refractivity contribution >= 4 is 17.8 Å². The standard InChI is InChI=1S/C27H46N2O14/c1-15-21(34)24(37)22(35)16(41-15)6-5-11-28(12-13-40-27-26(39)25(38)23(36)17(14-30)42-27)10-4-2-3-7-20(33)43-29-18(31)8-9-19(29)32/h15-17,21-27,30,34-39H,2-14H2,1H3/t15-,16-,17+,21+,22+,23+,24+,25-,26+,27-/m0/s1. The van der Waals surface area contributed by atoms with Gasteiger partial charge in [-0.1, -0.05) is 6.42 Å². The number of imide groups is 1. The lowest BCUT2D eigenvalue weighted by Crippen LogP contribution is -2.59. The molecule has 0 saturated carbocycles. The molecule has 3 saturated heterocycles. The second-order valence-electron chi connectivity index (χ2n) is 11.3. The van der Waals surface area contributed by atoms with Gasteiger partial charge in [-0.15, -0.1) is 5.06 Å². The van der Waals surface area contributed by atoms with E-state index in [4.69, 9.17) is 19.0 Å². The fourth-order valence-corrected chi connectivity index (χ4v) is 5.32. The molecule has 3 aliphatic heterocycles. The number of carbonyl (C=O) groups excluding carboxylic acids is 3. The lowest BCUT2D eigenvalue weighted by molar-refractivity contribution is -0.301. The molecule has 3 heterocycles. The monoisotopic (exact) mass is 622 g/mol. The van der Waals surface area contributed by atoms with Crippen LogP contribution in [-0.2, 0) is 33.4 Å². The molecular formula is C27H46N2O14. The summed E-state index contributed by atoms with van der Waals surface area (Å²) in [6.45, 7) is 2.57. The highest BCUT2D eigenvalue weighted by Gasteiger charge is 2.44. The van der Waals surface area contributed by atoms with Crippen LogP contribution < -0.4 is 0 Å². The Hall–Kier alpha value is -1.83. The predicted molar refractivity (Wildman–Crippen MR) is 143 cm³/mol. The lowest BCUT2D eigenvalue weighted by Gasteiger charge is -2.40. The zero-order valence-corrected chi connectivity index (χ0v) is 24.3. The SMILES string of the molecule is C[C@@H]1O[C@@H](CCCN(CCCCCC(=O)ON2C(=O)CCC2=O)CCO[C@H]2O[C@H](CO)[C@@H](O)[C@H](O)[C@H]2O)[C@@H](O)[C@H](O)[C@@H]1O. The van der Waals surface area contributed by atoms with Crippen LogP contribution in [0.1, 0.15) is 58.3 Å². The molecule has 0 unspecified atom stereocenters. The van der Waals surface area contributed by atoms with E-state index in [1.54, 1.807) is 6.92 Å². The first kappa shape index (κ1) is 35.6. The molecule has 0 aromatic heterocycles. The number of nitrogens with zero attached hydrogens (tertiary/aromatic N) is 2. The minimum absolute atomic E-state index is 0.0233. The van der Waals surface area contributed by atoms with Crippen molar-refractivity contribution in [1.29, 1.82) is 0 Å². The third-order valence-electron chi connectivity index (χ3n) is 8.01. The number of hydroxylamine groups is 2. The Kier molecular flexibility index (Phi) is 14.1. The third-order valence-corrected chi connectivity index (χ3v) is 8.01. The van der Waals surface area contributed by atoms with Gasteiger partial charge < -0.3 is 59.7 Å². The predicted octanol–water partition coefficient (Wildman–Crippen LogP) is -3.08. The largest absolute Gasteiger partial charge is 0.394 e. The molecule has 0 radical (unpaired) electrons. The number of rotatable bonds is 16. The molecule has 3 rings (SSSR count). The van der Waals surface area contributed by atoms with Crippen molar-refractivity contribution in [2.45, 2.75) is 120 Å². The topological polar surface area (TPSA) is 236 Å². The summed E-state index contributed by atoms with van der Waals surface area (Å²) in [5, 5.41) is 70.4. The fraction of sp³-hybridized carbons (Fsp3) is 0.889. The van der Waals surface area contributed by atoms with Crippen molar-refractivity contribution in [3.63, 3.8) is 0 Å². The second-order valence-corrected chi connectivity index (χ2v) is 11.3. The molecule has 16 heteroatoms. The van der Waals surface area contributed by atoms with Crippen LogP contribution in [0, 0.1) is 0 Å². The van der Waals surface area contributed by atoms with Crippen LogP contribution >= 0.6 is 0 Å². The van der Waals surface area contributed by atoms with E-state index >= 15 is 0 Å². The van der Waals surface area contributed by atoms with E-state index in [2.05, 4.69) is 0 Å². The van der Waals surface area contributed by atoms with Crippen molar-refractivity contribution < 1.29 is 69.2 Å². The van der Waals surface area contributed by atoms with E-state index in [1.165, 1.54) is 0 Å². The summed E-state index contributed by atoms with van der Waals surface area (Å²) in [6.07, 6.45) is -9.18. The Labute approximate surface area is 249 Å². The average Bonchev–Trinajstić information content (AvgIpc) is 3.30. The van der Waals surface area contributed by atoms with Crippen LogP contribution in [-0.4, -0.2) is 158 Å². The van der Waals surface area contributed by atoms with Gasteiger partial charge in [0, 0.05) is 25.8 Å². The van der Waals surface area contributed by atoms with Gasteiger partial charge in [-0.05, 0) is 45.7 Å². The van der Waals surface area contributed by atoms with E-state index in [9.17, 15) is 50.1 Å². The van der Waals surface area contributed by atoms with Crippen molar-refractivity contribution in [2.75, 3.05) is 32.8 Å². The Morgan fingerprint density at radius 3 is 2.12 bits per heavy atom. The highest BCUT2D eigenvalue weighted by Crippen LogP contribution is 2.25. The highest BCUT2D eigenvalue weighted by atomic mass is 16.7. The molecule has 248 valence electrons. The smallest absolute Gasteiger partial charge is 0.333 e. The Bertz CT molecular complexity index is 893. The van der Waals surface area contributed by atoms with Gasteiger partial charge in [0.25, 0.3) is 11.8 Å². The molecule has 0 aromatic carbocycles. The number of aliphatic hydroxyl groups excluding tert-OH is 7. The molecular weight excluding hydrogens is 576 g/mol. The van der Waals surface area contributed by atoms with Gasteiger partial charge >= 0.3 is 5.97 Å². The minimum Gasteiger partial charge on any atom is -0.394 e. The van der Waals surface area contributed by atoms with Gasteiger partial charge in [-0.25, -0.2) is 4.79 Å². The fourth-order valence-electron chi connectivity index (χ4n) is 5.32. The maximum absolute atomic E-state index is 12.0. The van der Waals surface area contributed by atoms with Crippen molar-refractivity contribution in [3.05, 3.63) is 0 Å². The van der Waals surface area contributed by atoms with E-state index in [0.717, 1.165) is 0 Å². The number of hydrogen-bond acceptors (Lipinski definition) is 15.